The average Bonchev–Trinajstić information content (AvgIpc) is 3.02. The van der Waals surface area contributed by atoms with Gasteiger partial charge >= 0.3 is 5.97 Å². The van der Waals surface area contributed by atoms with Crippen LogP contribution in [0, 0.1) is 5.92 Å². The zero-order valence-corrected chi connectivity index (χ0v) is 25.2. The zero-order valence-electron chi connectivity index (χ0n) is 25.2. The number of aromatic nitrogens is 2. The van der Waals surface area contributed by atoms with Crippen molar-refractivity contribution in [2.75, 3.05) is 18.4 Å². The van der Waals surface area contributed by atoms with Gasteiger partial charge in [0.15, 0.2) is 0 Å². The number of nitrogens with zero attached hydrogens (tertiary/aromatic N) is 2. The molecule has 1 aliphatic carbocycles. The molecule has 230 valence electrons. The number of nitrogens with one attached hydrogen (secondary N) is 2. The Morgan fingerprint density at radius 3 is 2.42 bits per heavy atom. The molecule has 0 aliphatic heterocycles. The number of carbonyl (C=O) groups excluding carboxylic acids is 1. The van der Waals surface area contributed by atoms with Gasteiger partial charge in [-0.25, -0.2) is 0 Å². The van der Waals surface area contributed by atoms with Crippen LogP contribution in [0.2, 0.25) is 0 Å². The molecule has 1 fully saturated rings. The maximum absolute atomic E-state index is 13.3. The lowest BCUT2D eigenvalue weighted by molar-refractivity contribution is -0.137. The quantitative estimate of drug-likeness (QED) is 0.152. The van der Waals surface area contributed by atoms with Crippen molar-refractivity contribution in [1.29, 1.82) is 0 Å². The second-order valence-electron chi connectivity index (χ2n) is 11.8. The number of carboxylic acid groups (broad SMARTS) is 1. The molecule has 2 aromatic heterocycles. The highest BCUT2D eigenvalue weighted by Gasteiger charge is 2.13. The number of hydrogen-bond donors (Lipinski definition) is 3. The summed E-state index contributed by atoms with van der Waals surface area (Å²) in [6, 6.07) is 12.5. The number of anilines is 1. The molecule has 1 aliphatic rings. The van der Waals surface area contributed by atoms with Crippen LogP contribution in [0.5, 0.6) is 0 Å². The Labute approximate surface area is 255 Å². The van der Waals surface area contributed by atoms with Crippen LogP contribution in [0.1, 0.15) is 93.0 Å². The first-order chi connectivity index (χ1) is 21.0. The van der Waals surface area contributed by atoms with Crippen LogP contribution in [0.3, 0.4) is 0 Å². The highest BCUT2D eigenvalue weighted by atomic mass is 16.4. The molecule has 4 rings (SSSR count). The number of carbonyl (C=O) groups is 2. The Bertz CT molecular complexity index is 1370. The minimum absolute atomic E-state index is 0.319. The fourth-order valence-electron chi connectivity index (χ4n) is 5.91. The van der Waals surface area contributed by atoms with Gasteiger partial charge in [-0.15, -0.1) is 0 Å². The van der Waals surface area contributed by atoms with Gasteiger partial charge < -0.3 is 20.3 Å². The van der Waals surface area contributed by atoms with E-state index in [9.17, 15) is 14.4 Å². The first kappa shape index (κ1) is 32.1. The molecule has 0 radical (unpaired) electrons. The lowest BCUT2D eigenvalue weighted by atomic mass is 9.89. The van der Waals surface area contributed by atoms with Gasteiger partial charge in [0.25, 0.3) is 11.5 Å². The minimum Gasteiger partial charge on any atom is -0.480 e. The van der Waals surface area contributed by atoms with Gasteiger partial charge in [0, 0.05) is 35.8 Å². The minimum atomic E-state index is -1.13. The molecule has 1 aromatic carbocycles. The summed E-state index contributed by atoms with van der Waals surface area (Å²) >= 11 is 0. The third-order valence-corrected chi connectivity index (χ3v) is 8.27. The summed E-state index contributed by atoms with van der Waals surface area (Å²) in [7, 11) is 0. The average molecular weight is 587 g/mol. The van der Waals surface area contributed by atoms with Crippen molar-refractivity contribution < 1.29 is 14.7 Å². The summed E-state index contributed by atoms with van der Waals surface area (Å²) in [6.45, 7) is 1.87. The van der Waals surface area contributed by atoms with E-state index in [2.05, 4.69) is 21.7 Å². The van der Waals surface area contributed by atoms with Crippen molar-refractivity contribution in [3.8, 4) is 11.1 Å². The molecule has 1 amide bonds. The largest absolute Gasteiger partial charge is 0.480 e. The van der Waals surface area contributed by atoms with E-state index in [0.29, 0.717) is 11.3 Å². The highest BCUT2D eigenvalue weighted by molar-refractivity contribution is 6.05. The molecule has 8 nitrogen and oxygen atoms in total. The molecule has 8 heteroatoms. The van der Waals surface area contributed by atoms with Crippen LogP contribution in [-0.2, 0) is 17.8 Å². The first-order valence-corrected chi connectivity index (χ1v) is 16.0. The topological polar surface area (TPSA) is 113 Å². The maximum Gasteiger partial charge on any atom is 0.323 e. The van der Waals surface area contributed by atoms with Crippen LogP contribution < -0.4 is 16.2 Å². The molecule has 1 saturated carbocycles. The van der Waals surface area contributed by atoms with Crippen molar-refractivity contribution >= 4 is 17.6 Å². The van der Waals surface area contributed by atoms with Crippen molar-refractivity contribution in [2.45, 2.75) is 90.0 Å². The van der Waals surface area contributed by atoms with Gasteiger partial charge in [-0.3, -0.25) is 19.4 Å². The molecular formula is C35H46N4O4. The number of pyridine rings is 2. The molecule has 43 heavy (non-hydrogen) atoms. The van der Waals surface area contributed by atoms with E-state index in [4.69, 9.17) is 5.11 Å². The van der Waals surface area contributed by atoms with E-state index >= 15 is 0 Å². The van der Waals surface area contributed by atoms with Crippen LogP contribution in [0.4, 0.5) is 5.69 Å². The van der Waals surface area contributed by atoms with Gasteiger partial charge in [-0.2, -0.15) is 0 Å². The van der Waals surface area contributed by atoms with E-state index in [1.807, 2.05) is 24.3 Å². The standard InChI is InChI=1S/C35H46N4O4/c40-33-17-16-32(25-39(33)26-34(41)42)38-35(43)31-21-28(20-30(22-31)29-15-11-19-37-24-29)14-7-4-2-1-3-5-10-18-36-23-27-12-8-6-9-13-27/h11,15-17,19-22,24-25,27,36H,1-10,12-14,18,23,26H2,(H,38,43)(H,41,42). The Morgan fingerprint density at radius 1 is 0.907 bits per heavy atom. The van der Waals surface area contributed by atoms with Gasteiger partial charge in [0.1, 0.15) is 6.54 Å². The molecular weight excluding hydrogens is 540 g/mol. The zero-order chi connectivity index (χ0) is 30.3. The predicted molar refractivity (Wildman–Crippen MR) is 171 cm³/mol. The molecule has 0 spiro atoms. The van der Waals surface area contributed by atoms with Gasteiger partial charge in [-0.05, 0) is 86.5 Å². The predicted octanol–water partition coefficient (Wildman–Crippen LogP) is 6.69. The summed E-state index contributed by atoms with van der Waals surface area (Å²) < 4.78 is 1.06. The number of rotatable bonds is 17. The summed E-state index contributed by atoms with van der Waals surface area (Å²) in [6.07, 6.45) is 21.3. The maximum atomic E-state index is 13.3. The van der Waals surface area contributed by atoms with Crippen molar-refractivity contribution in [3.63, 3.8) is 0 Å². The van der Waals surface area contributed by atoms with E-state index in [-0.39, 0.29) is 5.91 Å². The van der Waals surface area contributed by atoms with E-state index < -0.39 is 18.1 Å². The molecule has 0 bridgehead atoms. The number of benzene rings is 1. The van der Waals surface area contributed by atoms with E-state index in [1.54, 1.807) is 12.4 Å². The smallest absolute Gasteiger partial charge is 0.323 e. The summed E-state index contributed by atoms with van der Waals surface area (Å²) in [5.74, 6) is -0.545. The van der Waals surface area contributed by atoms with Gasteiger partial charge in [0.05, 0.1) is 5.69 Å². The number of unbranched alkanes of at least 4 members (excludes halogenated alkanes) is 6. The van der Waals surface area contributed by atoms with Gasteiger partial charge in [0.2, 0.25) is 0 Å². The van der Waals surface area contributed by atoms with Crippen molar-refractivity contribution in [1.82, 2.24) is 14.9 Å². The van der Waals surface area contributed by atoms with E-state index in [1.165, 1.54) is 89.1 Å². The molecule has 2 heterocycles. The third-order valence-electron chi connectivity index (χ3n) is 8.27. The number of aryl methyl sites for hydroxylation is 1. The SMILES string of the molecule is O=C(O)Cn1cc(NC(=O)c2cc(CCCCCCCCCNCC3CCCCC3)cc(-c3cccnc3)c2)ccc1=O. The van der Waals surface area contributed by atoms with E-state index in [0.717, 1.165) is 53.0 Å². The Morgan fingerprint density at radius 2 is 1.67 bits per heavy atom. The normalized spacial score (nSPS) is 13.6. The Balaban J connectivity index is 1.25. The second kappa shape index (κ2) is 17.4. The Kier molecular flexibility index (Phi) is 13.0. The number of hydrogen-bond acceptors (Lipinski definition) is 5. The summed E-state index contributed by atoms with van der Waals surface area (Å²) in [4.78, 5) is 40.6. The fourth-order valence-corrected chi connectivity index (χ4v) is 5.91. The lowest BCUT2D eigenvalue weighted by Gasteiger charge is -2.21. The summed E-state index contributed by atoms with van der Waals surface area (Å²) in [5.41, 5.74) is 3.36. The second-order valence-corrected chi connectivity index (χ2v) is 11.8. The monoisotopic (exact) mass is 586 g/mol. The number of carboxylic acids is 1. The highest BCUT2D eigenvalue weighted by Crippen LogP contribution is 2.24. The molecule has 0 unspecified atom stereocenters. The lowest BCUT2D eigenvalue weighted by Crippen LogP contribution is -2.25. The first-order valence-electron chi connectivity index (χ1n) is 16.0. The molecule has 0 atom stereocenters. The fraction of sp³-hybridized carbons (Fsp3) is 0.486. The molecule has 0 saturated heterocycles. The van der Waals surface area contributed by atoms with Crippen LogP contribution >= 0.6 is 0 Å². The number of amides is 1. The van der Waals surface area contributed by atoms with Gasteiger partial charge in [-0.1, -0.05) is 63.5 Å². The Hall–Kier alpha value is -3.78. The molecule has 3 N–H and O–H groups in total. The van der Waals surface area contributed by atoms with Crippen LogP contribution in [0.25, 0.3) is 11.1 Å². The molecule has 3 aromatic rings. The van der Waals surface area contributed by atoms with Crippen LogP contribution in [0.15, 0.2) is 65.8 Å². The number of aliphatic carboxylic acids is 1. The van der Waals surface area contributed by atoms with Crippen molar-refractivity contribution in [2.24, 2.45) is 5.92 Å². The van der Waals surface area contributed by atoms with Crippen molar-refractivity contribution in [3.05, 3.63) is 82.5 Å². The summed E-state index contributed by atoms with van der Waals surface area (Å²) in [5, 5.41) is 15.6. The van der Waals surface area contributed by atoms with Crippen LogP contribution in [-0.4, -0.2) is 39.6 Å². The third kappa shape index (κ3) is 11.1.